The van der Waals surface area contributed by atoms with Crippen LogP contribution in [0.4, 0.5) is 0 Å². The molecule has 1 atom stereocenters. The molecule has 0 aliphatic heterocycles. The molecule has 9 heteroatoms. The van der Waals surface area contributed by atoms with E-state index >= 15 is 0 Å². The van der Waals surface area contributed by atoms with Gasteiger partial charge in [-0.05, 0) is 88.2 Å². The molecule has 0 unspecified atom stereocenters. The Morgan fingerprint density at radius 2 is 1.79 bits per heavy atom. The van der Waals surface area contributed by atoms with Crippen molar-refractivity contribution in [3.63, 3.8) is 0 Å². The van der Waals surface area contributed by atoms with Crippen molar-refractivity contribution in [3.8, 4) is 27.5 Å². The van der Waals surface area contributed by atoms with Crippen LogP contribution in [0.25, 0.3) is 43.2 Å². The summed E-state index contributed by atoms with van der Waals surface area (Å²) in [5.41, 5.74) is 5.07. The maximum absolute atomic E-state index is 13.1. The number of halogens is 1. The lowest BCUT2D eigenvalue weighted by molar-refractivity contribution is -0.138. The smallest absolute Gasteiger partial charge is 0.280 e. The van der Waals surface area contributed by atoms with E-state index in [1.165, 1.54) is 15.9 Å². The monoisotopic (exact) mass is 596 g/mol. The fourth-order valence-corrected chi connectivity index (χ4v) is 6.42. The third-order valence-electron chi connectivity index (χ3n) is 7.00. The topological polar surface area (TPSA) is 78.5 Å². The number of carbonyl (C=O) groups is 1. The number of aromatic nitrogens is 4. The molecular formula is C33H29ClN4O3S. The molecule has 0 spiro atoms. The largest absolute Gasteiger partial charge is 0.360 e. The lowest BCUT2D eigenvalue weighted by atomic mass is 9.90. The zero-order valence-corrected chi connectivity index (χ0v) is 25.5. The molecule has 0 radical (unpaired) electrons. The fraction of sp³-hybridized carbons (Fsp3) is 0.212. The number of ether oxygens (including phenoxy) is 1. The number of hydrogen-bond acceptors (Lipinski definition) is 6. The molecule has 212 valence electrons. The van der Waals surface area contributed by atoms with Crippen LogP contribution in [0.1, 0.15) is 44.9 Å². The van der Waals surface area contributed by atoms with Gasteiger partial charge in [-0.15, -0.1) is 11.3 Å². The second-order valence-electron chi connectivity index (χ2n) is 11.3. The third-order valence-corrected chi connectivity index (χ3v) is 8.39. The highest BCUT2D eigenvalue weighted by Gasteiger charge is 2.30. The molecule has 6 rings (SSSR count). The molecule has 0 N–H and O–H groups in total. The Kier molecular flexibility index (Phi) is 7.09. The molecule has 0 saturated heterocycles. The second kappa shape index (κ2) is 10.6. The van der Waals surface area contributed by atoms with Gasteiger partial charge < -0.3 is 9.14 Å². The van der Waals surface area contributed by atoms with Crippen LogP contribution in [-0.4, -0.2) is 30.3 Å². The van der Waals surface area contributed by atoms with E-state index < -0.39 is 11.7 Å². The average Bonchev–Trinajstić information content (AvgIpc) is 3.59. The highest BCUT2D eigenvalue weighted by Crippen LogP contribution is 2.44. The van der Waals surface area contributed by atoms with Crippen molar-refractivity contribution in [2.24, 2.45) is 0 Å². The van der Waals surface area contributed by atoms with Gasteiger partial charge in [0.2, 0.25) is 0 Å². The van der Waals surface area contributed by atoms with E-state index in [4.69, 9.17) is 21.3 Å². The number of carbonyl (C=O) groups excluding carboxylic acids is 1. The molecule has 4 heterocycles. The molecule has 6 aromatic rings. The zero-order chi connectivity index (χ0) is 29.8. The van der Waals surface area contributed by atoms with Crippen LogP contribution in [0.2, 0.25) is 5.02 Å². The van der Waals surface area contributed by atoms with Crippen LogP contribution in [0.3, 0.4) is 0 Å². The summed E-state index contributed by atoms with van der Waals surface area (Å²) in [5.74, 6) is 0.432. The van der Waals surface area contributed by atoms with Crippen LogP contribution in [-0.2, 0) is 9.53 Å². The zero-order valence-electron chi connectivity index (χ0n) is 23.9. The fourth-order valence-electron chi connectivity index (χ4n) is 5.17. The van der Waals surface area contributed by atoms with Crippen molar-refractivity contribution >= 4 is 44.5 Å². The van der Waals surface area contributed by atoms with Crippen molar-refractivity contribution in [1.29, 1.82) is 0 Å². The van der Waals surface area contributed by atoms with Crippen LogP contribution < -0.4 is 5.56 Å². The third kappa shape index (κ3) is 5.17. The van der Waals surface area contributed by atoms with Gasteiger partial charge in [-0.3, -0.25) is 14.2 Å². The number of benzene rings is 2. The van der Waals surface area contributed by atoms with E-state index in [9.17, 15) is 9.59 Å². The maximum Gasteiger partial charge on any atom is 0.280 e. The van der Waals surface area contributed by atoms with E-state index in [1.54, 1.807) is 29.8 Å². The van der Waals surface area contributed by atoms with Crippen molar-refractivity contribution in [2.75, 3.05) is 0 Å². The quantitative estimate of drug-likeness (QED) is 0.196. The minimum Gasteiger partial charge on any atom is -0.360 e. The average molecular weight is 597 g/mol. The van der Waals surface area contributed by atoms with Crippen LogP contribution >= 0.6 is 22.9 Å². The molecule has 7 nitrogen and oxygen atoms in total. The van der Waals surface area contributed by atoms with E-state index in [0.29, 0.717) is 16.4 Å². The maximum atomic E-state index is 13.1. The molecule has 0 fully saturated rings. The summed E-state index contributed by atoms with van der Waals surface area (Å²) in [5, 5.41) is 1.40. The van der Waals surface area contributed by atoms with Gasteiger partial charge in [-0.2, -0.15) is 0 Å². The van der Waals surface area contributed by atoms with Crippen molar-refractivity contribution in [3.05, 3.63) is 106 Å². The van der Waals surface area contributed by atoms with Gasteiger partial charge in [0.05, 0.1) is 15.8 Å². The Balaban J connectivity index is 1.55. The van der Waals surface area contributed by atoms with Gasteiger partial charge in [-0.25, -0.2) is 9.97 Å². The number of Topliss-reactive ketones (excluding diaryl/α,β-unsaturated/α-hetero) is 1. The Labute approximate surface area is 252 Å². The summed E-state index contributed by atoms with van der Waals surface area (Å²) in [6.45, 7) is 9.40. The molecule has 0 bridgehead atoms. The minimum absolute atomic E-state index is 0.0727. The van der Waals surface area contributed by atoms with E-state index in [1.807, 2.05) is 88.6 Å². The summed E-state index contributed by atoms with van der Waals surface area (Å²) in [4.78, 5) is 35.7. The Morgan fingerprint density at radius 3 is 2.50 bits per heavy atom. The first-order valence-electron chi connectivity index (χ1n) is 13.5. The van der Waals surface area contributed by atoms with Crippen LogP contribution in [0.5, 0.6) is 0 Å². The normalized spacial score (nSPS) is 12.7. The highest BCUT2D eigenvalue weighted by atomic mass is 35.5. The standard InChI is InChI=1S/C33H29ClN4O3S/c1-19-17-24-30(28(21-8-10-23(34)11-9-21)27(19)29(20(2)39)41-33(3,4)5)42-31(36-24)22-12-13-35-26(18-22)38-16-15-37-14-6-7-25(37)32(38)40/h6-18,29H,1-5H3/t29-/m1/s1. The first-order valence-corrected chi connectivity index (χ1v) is 14.7. The number of nitrogens with zero attached hydrogens (tertiary/aromatic N) is 4. The van der Waals surface area contributed by atoms with Crippen LogP contribution in [0.15, 0.2) is 84.2 Å². The molecule has 0 saturated carbocycles. The number of thiazole rings is 1. The SMILES string of the molecule is CC(=O)[C@@H](OC(C)(C)C)c1c(C)cc2nc(-c3ccnc(-n4ccn5cccc5c4=O)c3)sc2c1-c1ccc(Cl)cc1. The highest BCUT2D eigenvalue weighted by molar-refractivity contribution is 7.22. The Bertz CT molecular complexity index is 2030. The number of hydrogen-bond donors (Lipinski definition) is 0. The van der Waals surface area contributed by atoms with Gasteiger partial charge in [0.25, 0.3) is 5.56 Å². The predicted octanol–water partition coefficient (Wildman–Crippen LogP) is 7.84. The van der Waals surface area contributed by atoms with E-state index in [-0.39, 0.29) is 11.3 Å². The molecule has 0 amide bonds. The predicted molar refractivity (Wildman–Crippen MR) is 169 cm³/mol. The number of aryl methyl sites for hydroxylation is 1. The van der Waals surface area contributed by atoms with Gasteiger partial charge in [0.15, 0.2) is 5.78 Å². The minimum atomic E-state index is -0.756. The Hall–Kier alpha value is -4.11. The lowest BCUT2D eigenvalue weighted by Gasteiger charge is -2.29. The van der Waals surface area contributed by atoms with Gasteiger partial charge in [-0.1, -0.05) is 23.7 Å². The van der Waals surface area contributed by atoms with Gasteiger partial charge >= 0.3 is 0 Å². The van der Waals surface area contributed by atoms with Gasteiger partial charge in [0.1, 0.15) is 22.4 Å². The summed E-state index contributed by atoms with van der Waals surface area (Å²) in [7, 11) is 0. The molecule has 0 aliphatic carbocycles. The van der Waals surface area contributed by atoms with Gasteiger partial charge in [0, 0.05) is 46.5 Å². The summed E-state index contributed by atoms with van der Waals surface area (Å²) in [6.07, 6.45) is 6.31. The van der Waals surface area contributed by atoms with Crippen molar-refractivity contribution in [2.45, 2.75) is 46.3 Å². The molecule has 0 aliphatic rings. The molecular weight excluding hydrogens is 568 g/mol. The summed E-state index contributed by atoms with van der Waals surface area (Å²) >= 11 is 7.78. The second-order valence-corrected chi connectivity index (χ2v) is 12.7. The summed E-state index contributed by atoms with van der Waals surface area (Å²) in [6, 6.07) is 17.0. The first kappa shape index (κ1) is 28.0. The van der Waals surface area contributed by atoms with E-state index in [2.05, 4.69) is 4.98 Å². The lowest BCUT2D eigenvalue weighted by Crippen LogP contribution is -2.27. The van der Waals surface area contributed by atoms with E-state index in [0.717, 1.165) is 43.0 Å². The Morgan fingerprint density at radius 1 is 1.02 bits per heavy atom. The van der Waals surface area contributed by atoms with Crippen molar-refractivity contribution < 1.29 is 9.53 Å². The number of fused-ring (bicyclic) bond motifs is 2. The molecule has 4 aromatic heterocycles. The number of pyridine rings is 1. The molecule has 2 aromatic carbocycles. The molecule has 42 heavy (non-hydrogen) atoms. The van der Waals surface area contributed by atoms with Crippen molar-refractivity contribution in [1.82, 2.24) is 18.9 Å². The van der Waals surface area contributed by atoms with Crippen LogP contribution in [0, 0.1) is 6.92 Å². The number of ketones is 1. The first-order chi connectivity index (χ1) is 20.0. The number of rotatable bonds is 6. The summed E-state index contributed by atoms with van der Waals surface area (Å²) < 4.78 is 10.6.